The molecule has 3 aliphatic rings. The van der Waals surface area contributed by atoms with Crippen LogP contribution >= 0.6 is 0 Å². The highest BCUT2D eigenvalue weighted by Crippen LogP contribution is 2.53. The summed E-state index contributed by atoms with van der Waals surface area (Å²) in [5.74, 6) is -2.22. The van der Waals surface area contributed by atoms with Crippen molar-refractivity contribution >= 4 is 22.4 Å². The van der Waals surface area contributed by atoms with E-state index in [9.17, 15) is 19.0 Å². The Morgan fingerprint density at radius 1 is 1.13 bits per heavy atom. The van der Waals surface area contributed by atoms with Gasteiger partial charge in [-0.05, 0) is 88.0 Å². The molecule has 0 radical (unpaired) electrons. The number of fused-ring (bicyclic) bond motifs is 4. The zero-order valence-corrected chi connectivity index (χ0v) is 22.7. The molecule has 1 aromatic heterocycles. The van der Waals surface area contributed by atoms with Crippen LogP contribution in [0.3, 0.4) is 0 Å². The predicted octanol–water partition coefficient (Wildman–Crippen LogP) is 5.28. The van der Waals surface area contributed by atoms with Crippen molar-refractivity contribution in [2.24, 2.45) is 17.8 Å². The number of aromatic nitrogens is 2. The maximum Gasteiger partial charge on any atom is 0.303 e. The molecular weight excluding hydrogens is 505 g/mol. The van der Waals surface area contributed by atoms with Crippen LogP contribution in [0.25, 0.3) is 10.9 Å². The number of anilines is 2. The van der Waals surface area contributed by atoms with Crippen LogP contribution in [0, 0.1) is 30.5 Å². The van der Waals surface area contributed by atoms with Crippen LogP contribution in [0.5, 0.6) is 0 Å². The van der Waals surface area contributed by atoms with Crippen LogP contribution in [0.15, 0.2) is 24.3 Å². The number of rotatable bonds is 7. The Kier molecular flexibility index (Phi) is 6.11. The van der Waals surface area contributed by atoms with Gasteiger partial charge in [-0.2, -0.15) is 8.78 Å². The van der Waals surface area contributed by atoms with Crippen molar-refractivity contribution in [3.05, 3.63) is 58.2 Å². The third-order valence-electron chi connectivity index (χ3n) is 9.03. The Morgan fingerprint density at radius 3 is 2.49 bits per heavy atom. The molecule has 6 rings (SSSR count). The molecule has 208 valence electrons. The lowest BCUT2D eigenvalue weighted by Crippen LogP contribution is -2.41. The average molecular weight is 541 g/mol. The number of hydrogen-bond donors (Lipinski definition) is 3. The van der Waals surface area contributed by atoms with Gasteiger partial charge in [0.25, 0.3) is 0 Å². The summed E-state index contributed by atoms with van der Waals surface area (Å²) in [5.41, 5.74) is 1.42. The van der Waals surface area contributed by atoms with Crippen molar-refractivity contribution in [1.29, 1.82) is 0 Å². The van der Waals surface area contributed by atoms with Gasteiger partial charge in [0.05, 0.1) is 17.1 Å². The number of nitrogens with zero attached hydrogens (tertiary/aromatic N) is 3. The fourth-order valence-electron chi connectivity index (χ4n) is 6.71. The topological polar surface area (TPSA) is 81.5 Å². The van der Waals surface area contributed by atoms with Gasteiger partial charge < -0.3 is 20.4 Å². The fourth-order valence-corrected chi connectivity index (χ4v) is 6.71. The summed E-state index contributed by atoms with van der Waals surface area (Å²) in [6.45, 7) is 7.57. The van der Waals surface area contributed by atoms with Gasteiger partial charge in [-0.1, -0.05) is 12.1 Å². The molecular formula is C30H35F3N4O2. The molecule has 3 N–H and O–H groups in total. The number of alkyl halides is 2. The highest BCUT2D eigenvalue weighted by Gasteiger charge is 2.55. The minimum Gasteiger partial charge on any atom is -0.396 e. The van der Waals surface area contributed by atoms with E-state index in [4.69, 9.17) is 4.98 Å². The normalized spacial score (nSPS) is 23.2. The number of piperidine rings is 1. The first-order valence-corrected chi connectivity index (χ1v) is 13.8. The molecule has 0 amide bonds. The molecule has 6 nitrogen and oxygen atoms in total. The second kappa shape index (κ2) is 9.06. The summed E-state index contributed by atoms with van der Waals surface area (Å²) in [5, 5.41) is 23.7. The first kappa shape index (κ1) is 26.3. The Bertz CT molecular complexity index is 1440. The zero-order chi connectivity index (χ0) is 27.9. The molecule has 1 saturated heterocycles. The zero-order valence-electron chi connectivity index (χ0n) is 22.7. The summed E-state index contributed by atoms with van der Waals surface area (Å²) < 4.78 is 45.3. The third-order valence-corrected chi connectivity index (χ3v) is 9.03. The number of benzene rings is 2. The molecule has 39 heavy (non-hydrogen) atoms. The van der Waals surface area contributed by atoms with Crippen molar-refractivity contribution in [2.45, 2.75) is 64.5 Å². The Hall–Kier alpha value is -2.91. The van der Waals surface area contributed by atoms with Gasteiger partial charge in [0, 0.05) is 36.3 Å². The summed E-state index contributed by atoms with van der Waals surface area (Å²) in [6.07, 6.45) is 2.97. The lowest BCUT2D eigenvalue weighted by Gasteiger charge is -2.30. The summed E-state index contributed by atoms with van der Waals surface area (Å²) in [4.78, 5) is 11.9. The summed E-state index contributed by atoms with van der Waals surface area (Å²) >= 11 is 0. The van der Waals surface area contributed by atoms with E-state index < -0.39 is 28.9 Å². The smallest absolute Gasteiger partial charge is 0.303 e. The van der Waals surface area contributed by atoms with Gasteiger partial charge in [0.15, 0.2) is 0 Å². The molecule has 2 fully saturated rings. The number of hydrogen-bond acceptors (Lipinski definition) is 6. The predicted molar refractivity (Wildman–Crippen MR) is 145 cm³/mol. The Labute approximate surface area is 226 Å². The number of aliphatic hydroxyl groups excluding tert-OH is 1. The van der Waals surface area contributed by atoms with E-state index in [1.807, 2.05) is 6.92 Å². The molecule has 1 saturated carbocycles. The van der Waals surface area contributed by atoms with Crippen molar-refractivity contribution in [1.82, 2.24) is 9.97 Å². The standard InChI is InChI=1S/C30H35F3N4O2/c1-15(17-7-6-10-24(26(17)31)30(32,33)29(3,4)39)34-28-20-11-25(37-12-21-22(13-37)23(21)14-38)18-8-5-9-19(18)27(20)35-16(2)36-28/h6-7,10-11,15,21-23,38-39H,5,8-9,12-14H2,1-4H3,(H,34,35,36)/t15-,21-,22+,23+/m1/s1. The number of aliphatic hydroxyl groups is 2. The van der Waals surface area contributed by atoms with E-state index in [-0.39, 0.29) is 12.2 Å². The van der Waals surface area contributed by atoms with E-state index in [0.717, 1.165) is 63.2 Å². The van der Waals surface area contributed by atoms with Crippen molar-refractivity contribution in [3.63, 3.8) is 0 Å². The number of halogens is 3. The minimum atomic E-state index is -3.77. The Balaban J connectivity index is 1.38. The summed E-state index contributed by atoms with van der Waals surface area (Å²) in [7, 11) is 0. The molecule has 9 heteroatoms. The van der Waals surface area contributed by atoms with Crippen LogP contribution in [-0.4, -0.2) is 45.5 Å². The van der Waals surface area contributed by atoms with E-state index in [1.54, 1.807) is 6.92 Å². The van der Waals surface area contributed by atoms with Crippen LogP contribution in [0.2, 0.25) is 0 Å². The average Bonchev–Trinajstić information content (AvgIpc) is 3.20. The van der Waals surface area contributed by atoms with Crippen LogP contribution < -0.4 is 10.2 Å². The first-order valence-electron chi connectivity index (χ1n) is 13.8. The molecule has 4 atom stereocenters. The van der Waals surface area contributed by atoms with E-state index in [2.05, 4.69) is 21.3 Å². The van der Waals surface area contributed by atoms with Gasteiger partial charge >= 0.3 is 5.92 Å². The number of nitrogens with one attached hydrogen (secondary N) is 1. The van der Waals surface area contributed by atoms with Crippen molar-refractivity contribution in [2.75, 3.05) is 29.9 Å². The number of aryl methyl sites for hydroxylation is 2. The molecule has 0 spiro atoms. The largest absolute Gasteiger partial charge is 0.396 e. The molecule has 2 aromatic carbocycles. The Morgan fingerprint density at radius 2 is 1.82 bits per heavy atom. The van der Waals surface area contributed by atoms with E-state index in [1.165, 1.54) is 28.9 Å². The van der Waals surface area contributed by atoms with Crippen molar-refractivity contribution < 1.29 is 23.4 Å². The maximum atomic E-state index is 15.5. The second-order valence-corrected chi connectivity index (χ2v) is 12.0. The monoisotopic (exact) mass is 540 g/mol. The van der Waals surface area contributed by atoms with Crippen LogP contribution in [0.1, 0.15) is 61.3 Å². The third kappa shape index (κ3) is 4.16. The second-order valence-electron chi connectivity index (χ2n) is 12.0. The highest BCUT2D eigenvalue weighted by atomic mass is 19.3. The van der Waals surface area contributed by atoms with Gasteiger partial charge in [0.2, 0.25) is 0 Å². The fraction of sp³-hybridized carbons (Fsp3) is 0.533. The molecule has 1 aliphatic heterocycles. The van der Waals surface area contributed by atoms with Gasteiger partial charge in [-0.15, -0.1) is 0 Å². The molecule has 0 unspecified atom stereocenters. The maximum absolute atomic E-state index is 15.5. The lowest BCUT2D eigenvalue weighted by molar-refractivity contribution is -0.170. The van der Waals surface area contributed by atoms with E-state index in [0.29, 0.717) is 29.4 Å². The van der Waals surface area contributed by atoms with Gasteiger partial charge in [-0.3, -0.25) is 0 Å². The van der Waals surface area contributed by atoms with Gasteiger partial charge in [-0.25, -0.2) is 14.4 Å². The SMILES string of the molecule is Cc1nc(N[C@H](C)c2cccc(C(F)(F)C(C)(C)O)c2F)c2cc(N3C[C@@H]4[C@@H](CO)[C@@H]4C3)c3c(c2n1)CCC3. The lowest BCUT2D eigenvalue weighted by atomic mass is 9.91. The first-order chi connectivity index (χ1) is 18.4. The van der Waals surface area contributed by atoms with Crippen molar-refractivity contribution in [3.8, 4) is 0 Å². The molecule has 2 aliphatic carbocycles. The quantitative estimate of drug-likeness (QED) is 0.379. The minimum absolute atomic E-state index is 0.0666. The van der Waals surface area contributed by atoms with Crippen LogP contribution in [0.4, 0.5) is 24.7 Å². The van der Waals surface area contributed by atoms with Crippen LogP contribution in [-0.2, 0) is 18.8 Å². The van der Waals surface area contributed by atoms with Gasteiger partial charge in [0.1, 0.15) is 23.1 Å². The molecule has 2 heterocycles. The molecule has 3 aromatic rings. The summed E-state index contributed by atoms with van der Waals surface area (Å²) in [6, 6.07) is 5.33. The molecule has 0 bridgehead atoms. The highest BCUT2D eigenvalue weighted by molar-refractivity contribution is 5.96. The van der Waals surface area contributed by atoms with E-state index >= 15 is 4.39 Å².